The summed E-state index contributed by atoms with van der Waals surface area (Å²) in [6.07, 6.45) is 7.14. The lowest BCUT2D eigenvalue weighted by Gasteiger charge is -2.18. The minimum atomic E-state index is -0.419. The Kier molecular flexibility index (Phi) is 7.49. The standard InChI is InChI=1S/C10H8N2O4.C6H8N2O2.CH4/c13-7-1-2-8(14)11(7)5-6-12-9(15)3-4-10(12)16;7-3-4-8-5(9)1-2-6(8)10;/h1-4H,5-6H2;1-2H,3-4,7H2;1H4. The van der Waals surface area contributed by atoms with Gasteiger partial charge in [0, 0.05) is 62.6 Å². The second kappa shape index (κ2) is 9.34. The predicted molar refractivity (Wildman–Crippen MR) is 93.4 cm³/mol. The van der Waals surface area contributed by atoms with E-state index >= 15 is 0 Å². The Morgan fingerprint density at radius 2 is 0.741 bits per heavy atom. The van der Waals surface area contributed by atoms with Crippen LogP contribution < -0.4 is 5.73 Å². The van der Waals surface area contributed by atoms with E-state index in [1.807, 2.05) is 0 Å². The van der Waals surface area contributed by atoms with Gasteiger partial charge in [-0.1, -0.05) is 7.43 Å². The third-order valence-corrected chi connectivity index (χ3v) is 3.60. The van der Waals surface area contributed by atoms with Gasteiger partial charge in [0.2, 0.25) is 0 Å². The van der Waals surface area contributed by atoms with Crippen LogP contribution >= 0.6 is 0 Å². The SMILES string of the molecule is C.NCCN1C(=O)C=CC1=O.O=C1C=CC(=O)N1CCN1C(=O)C=CC1=O. The summed E-state index contributed by atoms with van der Waals surface area (Å²) in [7, 11) is 0. The van der Waals surface area contributed by atoms with Crippen molar-refractivity contribution >= 4 is 35.4 Å². The Bertz CT molecular complexity index is 671. The molecule has 0 bridgehead atoms. The average Bonchev–Trinajstić information content (AvgIpc) is 3.21. The molecule has 10 nitrogen and oxygen atoms in total. The molecule has 0 saturated carbocycles. The lowest BCUT2D eigenvalue weighted by atomic mass is 10.4. The van der Waals surface area contributed by atoms with E-state index in [1.54, 1.807) is 0 Å². The highest BCUT2D eigenvalue weighted by molar-refractivity contribution is 6.14. The molecule has 0 atom stereocenters. The normalized spacial score (nSPS) is 17.9. The monoisotopic (exact) mass is 376 g/mol. The minimum absolute atomic E-state index is 0. The molecule has 3 aliphatic heterocycles. The van der Waals surface area contributed by atoms with Crippen LogP contribution in [-0.4, -0.2) is 76.3 Å². The number of nitrogens with zero attached hydrogens (tertiary/aromatic N) is 3. The van der Waals surface area contributed by atoms with Gasteiger partial charge in [-0.25, -0.2) is 0 Å². The molecule has 0 aliphatic carbocycles. The molecule has 144 valence electrons. The third-order valence-electron chi connectivity index (χ3n) is 3.60. The van der Waals surface area contributed by atoms with Crippen LogP contribution in [0.1, 0.15) is 7.43 Å². The summed E-state index contributed by atoms with van der Waals surface area (Å²) in [4.78, 5) is 69.2. The zero-order valence-corrected chi connectivity index (χ0v) is 13.7. The first-order chi connectivity index (χ1) is 12.3. The van der Waals surface area contributed by atoms with Crippen LogP contribution in [0.3, 0.4) is 0 Å². The topological polar surface area (TPSA) is 138 Å². The number of carbonyl (C=O) groups is 6. The molecule has 27 heavy (non-hydrogen) atoms. The maximum atomic E-state index is 11.2. The molecule has 3 heterocycles. The van der Waals surface area contributed by atoms with Crippen LogP contribution in [0.4, 0.5) is 0 Å². The van der Waals surface area contributed by atoms with Crippen molar-refractivity contribution in [2.75, 3.05) is 26.2 Å². The van der Waals surface area contributed by atoms with Gasteiger partial charge in [-0.2, -0.15) is 0 Å². The number of hydrogen-bond acceptors (Lipinski definition) is 7. The molecule has 0 aromatic rings. The second-order valence-corrected chi connectivity index (χ2v) is 5.27. The Morgan fingerprint density at radius 1 is 0.519 bits per heavy atom. The first kappa shape index (κ1) is 21.6. The van der Waals surface area contributed by atoms with E-state index in [-0.39, 0.29) is 32.3 Å². The summed E-state index contributed by atoms with van der Waals surface area (Å²) in [6, 6.07) is 0. The van der Waals surface area contributed by atoms with Crippen molar-refractivity contribution in [2.45, 2.75) is 7.43 Å². The number of amides is 6. The van der Waals surface area contributed by atoms with Crippen molar-refractivity contribution in [1.82, 2.24) is 14.7 Å². The van der Waals surface area contributed by atoms with Crippen molar-refractivity contribution in [2.24, 2.45) is 5.73 Å². The van der Waals surface area contributed by atoms with E-state index < -0.39 is 23.6 Å². The first-order valence-corrected chi connectivity index (χ1v) is 7.66. The lowest BCUT2D eigenvalue weighted by molar-refractivity contribution is -0.142. The van der Waals surface area contributed by atoms with Gasteiger partial charge < -0.3 is 5.73 Å². The summed E-state index contributed by atoms with van der Waals surface area (Å²) >= 11 is 0. The zero-order chi connectivity index (χ0) is 19.3. The largest absolute Gasteiger partial charge is 0.329 e. The number of rotatable bonds is 5. The fraction of sp³-hybridized carbons (Fsp3) is 0.294. The van der Waals surface area contributed by atoms with E-state index in [0.717, 1.165) is 39.0 Å². The first-order valence-electron chi connectivity index (χ1n) is 7.66. The smallest absolute Gasteiger partial charge is 0.253 e. The van der Waals surface area contributed by atoms with E-state index in [4.69, 9.17) is 5.73 Å². The molecular formula is C17H20N4O6. The van der Waals surface area contributed by atoms with E-state index in [2.05, 4.69) is 0 Å². The molecule has 10 heteroatoms. The van der Waals surface area contributed by atoms with Crippen molar-refractivity contribution in [1.29, 1.82) is 0 Å². The lowest BCUT2D eigenvalue weighted by Crippen LogP contribution is -2.40. The Morgan fingerprint density at radius 3 is 0.963 bits per heavy atom. The number of hydrogen-bond donors (Lipinski definition) is 1. The van der Waals surface area contributed by atoms with Gasteiger partial charge in [0.15, 0.2) is 0 Å². The molecule has 3 aliphatic rings. The van der Waals surface area contributed by atoms with Crippen molar-refractivity contribution < 1.29 is 28.8 Å². The molecule has 0 unspecified atom stereocenters. The van der Waals surface area contributed by atoms with E-state index in [1.165, 1.54) is 12.2 Å². The van der Waals surface area contributed by atoms with E-state index in [9.17, 15) is 28.8 Å². The molecule has 3 rings (SSSR count). The fourth-order valence-electron chi connectivity index (χ4n) is 2.28. The van der Waals surface area contributed by atoms with Crippen LogP contribution in [0.25, 0.3) is 0 Å². The quantitative estimate of drug-likeness (QED) is 0.567. The van der Waals surface area contributed by atoms with Crippen LogP contribution in [0, 0.1) is 0 Å². The molecule has 0 fully saturated rings. The Labute approximate surface area is 155 Å². The molecular weight excluding hydrogens is 356 g/mol. The minimum Gasteiger partial charge on any atom is -0.329 e. The number of carbonyl (C=O) groups excluding carboxylic acids is 6. The molecule has 2 N–H and O–H groups in total. The van der Waals surface area contributed by atoms with Gasteiger partial charge >= 0.3 is 0 Å². The van der Waals surface area contributed by atoms with Crippen molar-refractivity contribution in [3.8, 4) is 0 Å². The summed E-state index contributed by atoms with van der Waals surface area (Å²) in [5, 5.41) is 0. The average molecular weight is 376 g/mol. The van der Waals surface area contributed by atoms with Crippen LogP contribution in [0.2, 0.25) is 0 Å². The molecule has 6 amide bonds. The maximum absolute atomic E-state index is 11.2. The molecule has 0 aromatic heterocycles. The number of imide groups is 3. The summed E-state index contributed by atoms with van der Waals surface area (Å²) in [5.74, 6) is -2.21. The van der Waals surface area contributed by atoms with Crippen LogP contribution in [0.15, 0.2) is 36.5 Å². The second-order valence-electron chi connectivity index (χ2n) is 5.27. The summed E-state index contributed by atoms with van der Waals surface area (Å²) < 4.78 is 0. The fourth-order valence-corrected chi connectivity index (χ4v) is 2.28. The molecule has 0 aromatic carbocycles. The van der Waals surface area contributed by atoms with Gasteiger partial charge in [-0.15, -0.1) is 0 Å². The summed E-state index contributed by atoms with van der Waals surface area (Å²) in [6.45, 7) is 0.692. The third kappa shape index (κ3) is 5.05. The van der Waals surface area contributed by atoms with Gasteiger partial charge in [0.05, 0.1) is 0 Å². The van der Waals surface area contributed by atoms with Gasteiger partial charge in [0.25, 0.3) is 35.4 Å². The maximum Gasteiger partial charge on any atom is 0.253 e. The zero-order valence-electron chi connectivity index (χ0n) is 13.7. The number of nitrogens with two attached hydrogens (primary N) is 1. The highest BCUT2D eigenvalue weighted by Crippen LogP contribution is 2.07. The van der Waals surface area contributed by atoms with Gasteiger partial charge in [0.1, 0.15) is 0 Å². The highest BCUT2D eigenvalue weighted by atomic mass is 16.2. The molecule has 0 radical (unpaired) electrons. The highest BCUT2D eigenvalue weighted by Gasteiger charge is 2.28. The Hall–Kier alpha value is -3.40. The van der Waals surface area contributed by atoms with Gasteiger partial charge in [-0.3, -0.25) is 43.5 Å². The van der Waals surface area contributed by atoms with Crippen LogP contribution in [-0.2, 0) is 28.8 Å². The van der Waals surface area contributed by atoms with Crippen molar-refractivity contribution in [3.05, 3.63) is 36.5 Å². The van der Waals surface area contributed by atoms with Crippen molar-refractivity contribution in [3.63, 3.8) is 0 Å². The summed E-state index contributed by atoms with van der Waals surface area (Å²) in [5.41, 5.74) is 5.16. The molecule has 0 saturated heterocycles. The van der Waals surface area contributed by atoms with Crippen LogP contribution in [0.5, 0.6) is 0 Å². The van der Waals surface area contributed by atoms with Gasteiger partial charge in [-0.05, 0) is 0 Å². The van der Waals surface area contributed by atoms with E-state index in [0.29, 0.717) is 13.1 Å². The molecule has 0 spiro atoms. The predicted octanol–water partition coefficient (Wildman–Crippen LogP) is -1.66. The Balaban J connectivity index is 0.000000288.